The first kappa shape index (κ1) is 12.1. The third-order valence-corrected chi connectivity index (χ3v) is 3.48. The van der Waals surface area contributed by atoms with Crippen molar-refractivity contribution in [2.24, 2.45) is 0 Å². The van der Waals surface area contributed by atoms with E-state index in [4.69, 9.17) is 8.85 Å². The summed E-state index contributed by atoms with van der Waals surface area (Å²) in [5, 5.41) is 0. The van der Waals surface area contributed by atoms with Crippen molar-refractivity contribution in [2.75, 3.05) is 14.2 Å². The molecule has 0 unspecified atom stereocenters. The minimum Gasteiger partial charge on any atom is -0.397 e. The summed E-state index contributed by atoms with van der Waals surface area (Å²) in [6.07, 6.45) is 7.50. The molecule has 2 nitrogen and oxygen atoms in total. The largest absolute Gasteiger partial charge is 0.397 e. The summed E-state index contributed by atoms with van der Waals surface area (Å²) in [5.41, 5.74) is 0. The second-order valence-corrected chi connectivity index (χ2v) is 5.17. The Morgan fingerprint density at radius 2 is 1.25 bits per heavy atom. The van der Waals surface area contributed by atoms with E-state index in [2.05, 4.69) is 6.92 Å². The van der Waals surface area contributed by atoms with E-state index >= 15 is 0 Å². The van der Waals surface area contributed by atoms with Crippen LogP contribution in [0.15, 0.2) is 0 Å². The van der Waals surface area contributed by atoms with Crippen LogP contribution < -0.4 is 0 Å². The zero-order valence-electron chi connectivity index (χ0n) is 8.56. The van der Waals surface area contributed by atoms with Crippen LogP contribution in [0.3, 0.4) is 0 Å². The van der Waals surface area contributed by atoms with Gasteiger partial charge in [-0.3, -0.25) is 0 Å². The highest BCUT2D eigenvalue weighted by molar-refractivity contribution is 6.44. The van der Waals surface area contributed by atoms with Crippen molar-refractivity contribution in [1.29, 1.82) is 0 Å². The molecule has 0 aromatic carbocycles. The highest BCUT2D eigenvalue weighted by Crippen LogP contribution is 2.15. The van der Waals surface area contributed by atoms with Crippen molar-refractivity contribution in [3.8, 4) is 0 Å². The summed E-state index contributed by atoms with van der Waals surface area (Å²) in [6.45, 7) is 2.06. The highest BCUT2D eigenvalue weighted by Gasteiger charge is 2.05. The number of hydrogen-bond donors (Lipinski definition) is 0. The van der Waals surface area contributed by atoms with Gasteiger partial charge in [0.1, 0.15) is 0 Å². The molecule has 0 amide bonds. The molecule has 1 rings (SSSR count). The van der Waals surface area contributed by atoms with Gasteiger partial charge < -0.3 is 8.85 Å². The average Bonchev–Trinajstić information content (AvgIpc) is 2.64. The van der Waals surface area contributed by atoms with Crippen molar-refractivity contribution >= 4 is 9.28 Å². The summed E-state index contributed by atoms with van der Waals surface area (Å²) >= 11 is 0. The molecule has 0 heterocycles. The molecular formula is C9H21O2Si. The monoisotopic (exact) mass is 189 g/mol. The Kier molecular flexibility index (Phi) is 9.33. The summed E-state index contributed by atoms with van der Waals surface area (Å²) in [4.78, 5) is 0. The first-order valence-electron chi connectivity index (χ1n) is 4.79. The molecule has 0 spiro atoms. The first-order chi connectivity index (χ1) is 5.85. The number of rotatable bonds is 3. The summed E-state index contributed by atoms with van der Waals surface area (Å²) < 4.78 is 9.86. The molecule has 1 fully saturated rings. The minimum atomic E-state index is -0.863. The van der Waals surface area contributed by atoms with Crippen LogP contribution >= 0.6 is 0 Å². The fraction of sp³-hybridized carbons (Fsp3) is 1.00. The molecule has 0 aromatic heterocycles. The van der Waals surface area contributed by atoms with Crippen LogP contribution in [0.1, 0.15) is 39.0 Å². The third kappa shape index (κ3) is 6.82. The Morgan fingerprint density at radius 3 is 1.33 bits per heavy atom. The van der Waals surface area contributed by atoms with Crippen LogP contribution in [0.2, 0.25) is 6.04 Å². The van der Waals surface area contributed by atoms with Crippen molar-refractivity contribution in [2.45, 2.75) is 45.1 Å². The molecule has 3 heteroatoms. The quantitative estimate of drug-likeness (QED) is 0.636. The zero-order valence-corrected chi connectivity index (χ0v) is 9.56. The molecular weight excluding hydrogens is 168 g/mol. The summed E-state index contributed by atoms with van der Waals surface area (Å²) in [7, 11) is 2.50. The van der Waals surface area contributed by atoms with Crippen LogP contribution in [0.4, 0.5) is 0 Å². The predicted molar refractivity (Wildman–Crippen MR) is 53.3 cm³/mol. The van der Waals surface area contributed by atoms with Gasteiger partial charge in [-0.25, -0.2) is 0 Å². The van der Waals surface area contributed by atoms with Gasteiger partial charge in [-0.1, -0.05) is 39.0 Å². The second-order valence-electron chi connectivity index (χ2n) is 2.90. The Morgan fingerprint density at radius 1 is 0.917 bits per heavy atom. The van der Waals surface area contributed by atoms with E-state index < -0.39 is 9.28 Å². The summed E-state index contributed by atoms with van der Waals surface area (Å²) in [6, 6.07) is 1.01. The van der Waals surface area contributed by atoms with Crippen LogP contribution in [0, 0.1) is 0 Å². The molecule has 0 N–H and O–H groups in total. The highest BCUT2D eigenvalue weighted by atomic mass is 28.3. The normalized spacial score (nSPS) is 16.0. The smallest absolute Gasteiger partial charge is 0.383 e. The topological polar surface area (TPSA) is 18.5 Å². The maximum Gasteiger partial charge on any atom is 0.383 e. The lowest BCUT2D eigenvalue weighted by atomic mass is 10.4. The Bertz CT molecular complexity index is 67.5. The van der Waals surface area contributed by atoms with Gasteiger partial charge in [0.05, 0.1) is 0 Å². The van der Waals surface area contributed by atoms with Gasteiger partial charge in [0.15, 0.2) is 0 Å². The molecule has 1 radical (unpaired) electrons. The van der Waals surface area contributed by atoms with Gasteiger partial charge in [-0.05, 0) is 6.04 Å². The van der Waals surface area contributed by atoms with E-state index in [1.807, 2.05) is 0 Å². The van der Waals surface area contributed by atoms with Gasteiger partial charge in [0.25, 0.3) is 0 Å². The van der Waals surface area contributed by atoms with Crippen molar-refractivity contribution in [3.05, 3.63) is 0 Å². The lowest BCUT2D eigenvalue weighted by Crippen LogP contribution is -2.16. The molecule has 1 aliphatic carbocycles. The SMILES string of the molecule is C1CCCC1.CC[Si](OC)OC. The van der Waals surface area contributed by atoms with Crippen LogP contribution in [-0.2, 0) is 8.85 Å². The molecule has 0 saturated heterocycles. The van der Waals surface area contributed by atoms with E-state index in [-0.39, 0.29) is 0 Å². The molecule has 12 heavy (non-hydrogen) atoms. The maximum atomic E-state index is 4.93. The average molecular weight is 189 g/mol. The van der Waals surface area contributed by atoms with Gasteiger partial charge in [0.2, 0.25) is 0 Å². The van der Waals surface area contributed by atoms with Crippen LogP contribution in [0.5, 0.6) is 0 Å². The van der Waals surface area contributed by atoms with Crippen molar-refractivity contribution in [1.82, 2.24) is 0 Å². The predicted octanol–water partition coefficient (Wildman–Crippen LogP) is 2.74. The van der Waals surface area contributed by atoms with E-state index in [0.29, 0.717) is 0 Å². The maximum absolute atomic E-state index is 4.93. The fourth-order valence-electron chi connectivity index (χ4n) is 1.26. The standard InChI is InChI=1S/C5H10.C4H11O2Si/c1-2-4-5-3-1;1-4-7(5-2)6-3/h1-5H2;4H2,1-3H3. The number of hydrogen-bond acceptors (Lipinski definition) is 2. The van der Waals surface area contributed by atoms with Gasteiger partial charge >= 0.3 is 9.28 Å². The van der Waals surface area contributed by atoms with Gasteiger partial charge in [0, 0.05) is 14.2 Å². The van der Waals surface area contributed by atoms with Gasteiger partial charge in [-0.15, -0.1) is 0 Å². The molecule has 73 valence electrons. The lowest BCUT2D eigenvalue weighted by molar-refractivity contribution is 0.279. The van der Waals surface area contributed by atoms with Crippen molar-refractivity contribution < 1.29 is 8.85 Å². The lowest BCUT2D eigenvalue weighted by Gasteiger charge is -2.03. The fourth-order valence-corrected chi connectivity index (χ4v) is 2.00. The van der Waals surface area contributed by atoms with E-state index in [0.717, 1.165) is 6.04 Å². The van der Waals surface area contributed by atoms with E-state index in [9.17, 15) is 0 Å². The van der Waals surface area contributed by atoms with E-state index in [1.54, 1.807) is 14.2 Å². The molecule has 0 atom stereocenters. The molecule has 1 aliphatic rings. The first-order valence-corrected chi connectivity index (χ1v) is 6.31. The van der Waals surface area contributed by atoms with Crippen LogP contribution in [-0.4, -0.2) is 23.5 Å². The Labute approximate surface area is 78.1 Å². The third-order valence-electron chi connectivity index (χ3n) is 1.99. The molecule has 0 aromatic rings. The molecule has 1 saturated carbocycles. The van der Waals surface area contributed by atoms with E-state index in [1.165, 1.54) is 32.1 Å². The minimum absolute atomic E-state index is 0.863. The van der Waals surface area contributed by atoms with Crippen molar-refractivity contribution in [3.63, 3.8) is 0 Å². The Hall–Kier alpha value is 0.137. The zero-order chi connectivity index (χ0) is 9.23. The molecule has 0 aliphatic heterocycles. The Balaban J connectivity index is 0.000000211. The summed E-state index contributed by atoms with van der Waals surface area (Å²) in [5.74, 6) is 0. The van der Waals surface area contributed by atoms with Gasteiger partial charge in [-0.2, -0.15) is 0 Å². The second kappa shape index (κ2) is 9.23. The molecule has 0 bridgehead atoms. The van der Waals surface area contributed by atoms with Crippen LogP contribution in [0.25, 0.3) is 0 Å².